The number of benzene rings is 2. The Morgan fingerprint density at radius 2 is 1.79 bits per heavy atom. The van der Waals surface area contributed by atoms with Gasteiger partial charge in [0, 0.05) is 22.5 Å². The Labute approximate surface area is 196 Å². The van der Waals surface area contributed by atoms with Gasteiger partial charge in [0.25, 0.3) is 5.91 Å². The number of anilines is 1. The summed E-state index contributed by atoms with van der Waals surface area (Å²) in [7, 11) is 1.50. The first-order chi connectivity index (χ1) is 15.8. The molecule has 2 aromatic carbocycles. The van der Waals surface area contributed by atoms with E-state index >= 15 is 0 Å². The molecule has 0 aliphatic heterocycles. The van der Waals surface area contributed by atoms with E-state index in [4.69, 9.17) is 21.1 Å². The average Bonchev–Trinajstić information content (AvgIpc) is 3.13. The first kappa shape index (κ1) is 22.3. The molecular weight excluding hydrogens is 442 g/mol. The lowest BCUT2D eigenvalue weighted by molar-refractivity contribution is 0.102. The molecule has 0 bridgehead atoms. The number of hydrogen-bond donors (Lipinski definition) is 1. The second kappa shape index (κ2) is 9.30. The molecule has 0 atom stereocenters. The van der Waals surface area contributed by atoms with Crippen molar-refractivity contribution in [2.75, 3.05) is 12.4 Å². The highest BCUT2D eigenvalue weighted by Crippen LogP contribution is 2.26. The zero-order chi connectivity index (χ0) is 23.5. The molecule has 1 amide bonds. The van der Waals surface area contributed by atoms with Gasteiger partial charge in [-0.1, -0.05) is 11.6 Å². The van der Waals surface area contributed by atoms with Crippen molar-refractivity contribution in [1.29, 1.82) is 0 Å². The summed E-state index contributed by atoms with van der Waals surface area (Å²) in [5, 5.41) is 3.28. The second-order valence-electron chi connectivity index (χ2n) is 7.32. The summed E-state index contributed by atoms with van der Waals surface area (Å²) < 4.78 is 13.1. The number of nitrogens with zero attached hydrogens (tertiary/aromatic N) is 4. The first-order valence-corrected chi connectivity index (χ1v) is 10.5. The number of methoxy groups -OCH3 is 1. The Morgan fingerprint density at radius 3 is 2.45 bits per heavy atom. The van der Waals surface area contributed by atoms with Crippen LogP contribution in [0, 0.1) is 20.8 Å². The number of rotatable bonds is 6. The van der Waals surface area contributed by atoms with Crippen molar-refractivity contribution in [3.63, 3.8) is 0 Å². The molecule has 4 aromatic rings. The molecule has 4 rings (SSSR count). The number of aryl methyl sites for hydroxylation is 2. The Balaban J connectivity index is 1.50. The van der Waals surface area contributed by atoms with Crippen LogP contribution in [0.25, 0.3) is 5.82 Å². The molecule has 0 unspecified atom stereocenters. The number of ether oxygens (including phenoxy) is 2. The summed E-state index contributed by atoms with van der Waals surface area (Å²) in [5.41, 5.74) is 2.87. The van der Waals surface area contributed by atoms with Gasteiger partial charge in [-0.05, 0) is 63.2 Å². The summed E-state index contributed by atoms with van der Waals surface area (Å²) in [5.74, 6) is 2.34. The van der Waals surface area contributed by atoms with Crippen LogP contribution in [-0.2, 0) is 0 Å². The third kappa shape index (κ3) is 4.96. The quantitative estimate of drug-likeness (QED) is 0.417. The van der Waals surface area contributed by atoms with Crippen molar-refractivity contribution in [3.05, 3.63) is 82.7 Å². The van der Waals surface area contributed by atoms with E-state index in [9.17, 15) is 4.79 Å². The van der Waals surface area contributed by atoms with Crippen LogP contribution in [0.1, 0.15) is 27.6 Å². The van der Waals surface area contributed by atoms with E-state index in [0.717, 1.165) is 11.4 Å². The summed E-state index contributed by atoms with van der Waals surface area (Å²) in [6.45, 7) is 5.73. The third-order valence-corrected chi connectivity index (χ3v) is 5.28. The maximum absolute atomic E-state index is 12.7. The number of imidazole rings is 1. The molecule has 0 aliphatic rings. The van der Waals surface area contributed by atoms with Crippen LogP contribution >= 0.6 is 11.6 Å². The van der Waals surface area contributed by atoms with Gasteiger partial charge in [-0.15, -0.1) is 0 Å². The van der Waals surface area contributed by atoms with Gasteiger partial charge in [0.05, 0.1) is 18.4 Å². The molecule has 33 heavy (non-hydrogen) atoms. The number of amides is 1. The monoisotopic (exact) mass is 463 g/mol. The molecule has 0 spiro atoms. The van der Waals surface area contributed by atoms with Crippen LogP contribution in [0.4, 0.5) is 5.69 Å². The first-order valence-electron chi connectivity index (χ1n) is 10.1. The van der Waals surface area contributed by atoms with Crippen molar-refractivity contribution < 1.29 is 14.3 Å². The maximum atomic E-state index is 12.7. The van der Waals surface area contributed by atoms with Crippen molar-refractivity contribution >= 4 is 23.2 Å². The minimum atomic E-state index is -0.329. The number of halogens is 1. The molecule has 1 N–H and O–H groups in total. The summed E-state index contributed by atoms with van der Waals surface area (Å²) in [6.07, 6.45) is 1.72. The van der Waals surface area contributed by atoms with E-state index in [1.807, 2.05) is 18.4 Å². The molecule has 0 radical (unpaired) electrons. The largest absolute Gasteiger partial charge is 0.496 e. The normalized spacial score (nSPS) is 10.7. The fraction of sp³-hybridized carbons (Fsp3) is 0.167. The van der Waals surface area contributed by atoms with Crippen LogP contribution in [0.5, 0.6) is 17.4 Å². The fourth-order valence-corrected chi connectivity index (χ4v) is 3.39. The van der Waals surface area contributed by atoms with Crippen molar-refractivity contribution in [3.8, 4) is 23.2 Å². The standard InChI is InChI=1S/C24H22ClN5O3/c1-14-15(2)30(13-26-14)22-12-23(28-16(3)27-22)33-19-8-6-18(7-9-19)29-24(31)20-11-17(25)5-10-21(20)32-4/h5-13H,1-4H3,(H,29,31). The summed E-state index contributed by atoms with van der Waals surface area (Å²) in [6, 6.07) is 13.6. The lowest BCUT2D eigenvalue weighted by atomic mass is 10.2. The highest BCUT2D eigenvalue weighted by Gasteiger charge is 2.14. The topological polar surface area (TPSA) is 91.2 Å². The minimum Gasteiger partial charge on any atom is -0.496 e. The fourth-order valence-electron chi connectivity index (χ4n) is 3.21. The Bertz CT molecular complexity index is 1320. The Morgan fingerprint density at radius 1 is 1.03 bits per heavy atom. The van der Waals surface area contributed by atoms with Crippen molar-refractivity contribution in [2.24, 2.45) is 0 Å². The van der Waals surface area contributed by atoms with E-state index in [1.54, 1.807) is 61.8 Å². The van der Waals surface area contributed by atoms with Gasteiger partial charge >= 0.3 is 0 Å². The molecule has 0 saturated carbocycles. The van der Waals surface area contributed by atoms with Crippen LogP contribution < -0.4 is 14.8 Å². The van der Waals surface area contributed by atoms with Crippen molar-refractivity contribution in [1.82, 2.24) is 19.5 Å². The number of carbonyl (C=O) groups excluding carboxylic acids is 1. The molecule has 2 heterocycles. The van der Waals surface area contributed by atoms with Crippen molar-refractivity contribution in [2.45, 2.75) is 20.8 Å². The SMILES string of the molecule is COc1ccc(Cl)cc1C(=O)Nc1ccc(Oc2cc(-n3cnc(C)c3C)nc(C)n2)cc1. The van der Waals surface area contributed by atoms with E-state index in [-0.39, 0.29) is 5.91 Å². The van der Waals surface area contributed by atoms with Gasteiger partial charge < -0.3 is 14.8 Å². The zero-order valence-corrected chi connectivity index (χ0v) is 19.3. The lowest BCUT2D eigenvalue weighted by Gasteiger charge is -2.11. The highest BCUT2D eigenvalue weighted by molar-refractivity contribution is 6.31. The molecule has 0 saturated heterocycles. The zero-order valence-electron chi connectivity index (χ0n) is 18.6. The van der Waals surface area contributed by atoms with Crippen LogP contribution in [0.15, 0.2) is 54.9 Å². The highest BCUT2D eigenvalue weighted by atomic mass is 35.5. The summed E-state index contributed by atoms with van der Waals surface area (Å²) >= 11 is 6.02. The van der Waals surface area contributed by atoms with Crippen LogP contribution in [0.2, 0.25) is 5.02 Å². The van der Waals surface area contributed by atoms with E-state index in [2.05, 4.69) is 20.3 Å². The van der Waals surface area contributed by atoms with E-state index < -0.39 is 0 Å². The summed E-state index contributed by atoms with van der Waals surface area (Å²) in [4.78, 5) is 25.8. The third-order valence-electron chi connectivity index (χ3n) is 5.04. The number of carbonyl (C=O) groups is 1. The number of hydrogen-bond acceptors (Lipinski definition) is 6. The molecule has 168 valence electrons. The van der Waals surface area contributed by atoms with Crippen LogP contribution in [0.3, 0.4) is 0 Å². The molecule has 8 nitrogen and oxygen atoms in total. The Hall–Kier alpha value is -3.91. The molecule has 9 heteroatoms. The smallest absolute Gasteiger partial charge is 0.259 e. The van der Waals surface area contributed by atoms with E-state index in [0.29, 0.717) is 45.3 Å². The van der Waals surface area contributed by atoms with E-state index in [1.165, 1.54) is 7.11 Å². The Kier molecular flexibility index (Phi) is 6.28. The lowest BCUT2D eigenvalue weighted by Crippen LogP contribution is -2.13. The molecule has 2 aromatic heterocycles. The van der Waals surface area contributed by atoms with Gasteiger partial charge in [-0.3, -0.25) is 9.36 Å². The van der Waals surface area contributed by atoms with Gasteiger partial charge in [0.15, 0.2) is 0 Å². The van der Waals surface area contributed by atoms with Gasteiger partial charge in [-0.25, -0.2) is 9.97 Å². The average molecular weight is 464 g/mol. The van der Waals surface area contributed by atoms with Gasteiger partial charge in [0.1, 0.15) is 29.5 Å². The second-order valence-corrected chi connectivity index (χ2v) is 7.76. The maximum Gasteiger partial charge on any atom is 0.259 e. The minimum absolute atomic E-state index is 0.329. The van der Waals surface area contributed by atoms with Gasteiger partial charge in [0.2, 0.25) is 5.88 Å². The molecule has 0 aliphatic carbocycles. The molecular formula is C24H22ClN5O3. The number of aromatic nitrogens is 4. The predicted molar refractivity (Wildman–Crippen MR) is 126 cm³/mol. The molecule has 0 fully saturated rings. The van der Waals surface area contributed by atoms with Gasteiger partial charge in [-0.2, -0.15) is 4.98 Å². The predicted octanol–water partition coefficient (Wildman–Crippen LogP) is 5.29. The van der Waals surface area contributed by atoms with Crippen LogP contribution in [-0.4, -0.2) is 32.5 Å². The number of nitrogens with one attached hydrogen (secondary N) is 1.